The third kappa shape index (κ3) is 9.23. The van der Waals surface area contributed by atoms with E-state index in [1.165, 1.54) is 6.92 Å². The average Bonchev–Trinajstić information content (AvgIpc) is 2.08. The Kier molecular flexibility index (Phi) is 5.77. The molecule has 6 heteroatoms. The van der Waals surface area contributed by atoms with E-state index in [9.17, 15) is 14.0 Å². The number of hydrogen-bond donors (Lipinski definition) is 1. The first-order chi connectivity index (χ1) is 7.20. The lowest BCUT2D eigenvalue weighted by molar-refractivity contribution is -0.142. The minimum atomic E-state index is -1.43. The summed E-state index contributed by atoms with van der Waals surface area (Å²) in [6.45, 7) is 5.69. The number of ether oxygens (including phenoxy) is 2. The Balaban J connectivity index is 3.71. The summed E-state index contributed by atoms with van der Waals surface area (Å²) in [6, 6.07) is 0. The molecule has 0 rings (SSSR count). The average molecular weight is 235 g/mol. The minimum Gasteiger partial charge on any atom is -0.463 e. The number of carbonyl (C=O) groups excluding carboxylic acids is 2. The quantitative estimate of drug-likeness (QED) is 0.748. The van der Waals surface area contributed by atoms with Crippen molar-refractivity contribution in [2.45, 2.75) is 39.5 Å². The molecular formula is C10H18FNO4. The maximum atomic E-state index is 13.0. The van der Waals surface area contributed by atoms with E-state index in [2.05, 4.69) is 10.1 Å². The van der Waals surface area contributed by atoms with Gasteiger partial charge in [0.2, 0.25) is 0 Å². The van der Waals surface area contributed by atoms with Crippen LogP contribution in [0.5, 0.6) is 0 Å². The molecule has 0 aliphatic carbocycles. The molecule has 1 N–H and O–H groups in total. The zero-order valence-corrected chi connectivity index (χ0v) is 10.0. The molecular weight excluding hydrogens is 217 g/mol. The second-order valence-electron chi connectivity index (χ2n) is 4.28. The molecule has 5 nitrogen and oxygen atoms in total. The molecule has 0 saturated carbocycles. The molecule has 0 bridgehead atoms. The van der Waals surface area contributed by atoms with Crippen molar-refractivity contribution < 1.29 is 23.5 Å². The monoisotopic (exact) mass is 235 g/mol. The van der Waals surface area contributed by atoms with Crippen LogP contribution < -0.4 is 5.32 Å². The third-order valence-electron chi connectivity index (χ3n) is 1.33. The van der Waals surface area contributed by atoms with Gasteiger partial charge in [0.05, 0.1) is 6.54 Å². The van der Waals surface area contributed by atoms with Crippen molar-refractivity contribution in [3.63, 3.8) is 0 Å². The molecule has 0 aromatic carbocycles. The van der Waals surface area contributed by atoms with Crippen molar-refractivity contribution in [2.75, 3.05) is 13.2 Å². The molecule has 1 amide bonds. The Morgan fingerprint density at radius 1 is 1.38 bits per heavy atom. The van der Waals surface area contributed by atoms with E-state index in [1.54, 1.807) is 20.8 Å². The summed E-state index contributed by atoms with van der Waals surface area (Å²) in [5, 5.41) is 2.24. The molecule has 0 fully saturated rings. The zero-order valence-electron chi connectivity index (χ0n) is 10.0. The Hall–Kier alpha value is -1.33. The van der Waals surface area contributed by atoms with Crippen molar-refractivity contribution in [1.82, 2.24) is 5.32 Å². The molecule has 16 heavy (non-hydrogen) atoms. The van der Waals surface area contributed by atoms with E-state index in [1.807, 2.05) is 0 Å². The highest BCUT2D eigenvalue weighted by atomic mass is 19.1. The molecule has 0 radical (unpaired) electrons. The molecule has 1 atom stereocenters. The van der Waals surface area contributed by atoms with Gasteiger partial charge in [-0.05, 0) is 20.8 Å². The molecule has 0 saturated heterocycles. The Morgan fingerprint density at radius 2 is 1.94 bits per heavy atom. The first-order valence-corrected chi connectivity index (χ1v) is 4.95. The highest BCUT2D eigenvalue weighted by molar-refractivity contribution is 5.67. The molecule has 0 aromatic rings. The van der Waals surface area contributed by atoms with Crippen LogP contribution in [-0.4, -0.2) is 37.0 Å². The lowest BCUT2D eigenvalue weighted by Gasteiger charge is -2.20. The first kappa shape index (κ1) is 14.7. The van der Waals surface area contributed by atoms with Crippen LogP contribution in [0.25, 0.3) is 0 Å². The van der Waals surface area contributed by atoms with Gasteiger partial charge in [-0.2, -0.15) is 0 Å². The molecule has 0 spiro atoms. The van der Waals surface area contributed by atoms with Crippen LogP contribution in [0.15, 0.2) is 0 Å². The van der Waals surface area contributed by atoms with Crippen molar-refractivity contribution in [3.05, 3.63) is 0 Å². The Labute approximate surface area is 94.3 Å². The van der Waals surface area contributed by atoms with Gasteiger partial charge in [-0.1, -0.05) is 0 Å². The van der Waals surface area contributed by atoms with Crippen LogP contribution in [0.4, 0.5) is 9.18 Å². The Morgan fingerprint density at radius 3 is 2.38 bits per heavy atom. The lowest BCUT2D eigenvalue weighted by Crippen LogP contribution is -2.37. The number of hydrogen-bond acceptors (Lipinski definition) is 4. The van der Waals surface area contributed by atoms with Gasteiger partial charge >= 0.3 is 12.1 Å². The topological polar surface area (TPSA) is 64.6 Å². The number of esters is 1. The summed E-state index contributed by atoms with van der Waals surface area (Å²) in [5.74, 6) is -0.556. The van der Waals surface area contributed by atoms with Gasteiger partial charge in [0.1, 0.15) is 12.2 Å². The number of amides is 1. The maximum Gasteiger partial charge on any atom is 0.407 e. The number of halogens is 1. The normalized spacial score (nSPS) is 12.8. The maximum absolute atomic E-state index is 13.0. The minimum absolute atomic E-state index is 0.248. The van der Waals surface area contributed by atoms with E-state index < -0.39 is 23.8 Å². The predicted octanol–water partition coefficient (Wildman–Crippen LogP) is 1.41. The highest BCUT2D eigenvalue weighted by Crippen LogP contribution is 2.06. The second-order valence-corrected chi connectivity index (χ2v) is 4.28. The van der Waals surface area contributed by atoms with Gasteiger partial charge in [-0.25, -0.2) is 9.18 Å². The van der Waals surface area contributed by atoms with Crippen molar-refractivity contribution in [2.24, 2.45) is 0 Å². The van der Waals surface area contributed by atoms with Gasteiger partial charge in [-0.15, -0.1) is 0 Å². The summed E-state index contributed by atoms with van der Waals surface area (Å²) in [6.07, 6.45) is -2.13. The molecule has 0 aliphatic rings. The van der Waals surface area contributed by atoms with Gasteiger partial charge in [0, 0.05) is 6.92 Å². The smallest absolute Gasteiger partial charge is 0.407 e. The van der Waals surface area contributed by atoms with Crippen molar-refractivity contribution in [3.8, 4) is 0 Å². The summed E-state index contributed by atoms with van der Waals surface area (Å²) in [4.78, 5) is 21.5. The van der Waals surface area contributed by atoms with Crippen molar-refractivity contribution in [1.29, 1.82) is 0 Å². The number of carbonyl (C=O) groups is 2. The number of rotatable bonds is 4. The number of alkyl halides is 1. The van der Waals surface area contributed by atoms with E-state index in [0.717, 1.165) is 0 Å². The number of alkyl carbamates (subject to hydrolysis) is 1. The fourth-order valence-electron chi connectivity index (χ4n) is 0.775. The lowest BCUT2D eigenvalue weighted by atomic mass is 10.2. The molecule has 94 valence electrons. The zero-order chi connectivity index (χ0) is 12.8. The number of nitrogens with one attached hydrogen (secondary N) is 1. The third-order valence-corrected chi connectivity index (χ3v) is 1.33. The van der Waals surface area contributed by atoms with Gasteiger partial charge in [0.25, 0.3) is 0 Å². The summed E-state index contributed by atoms with van der Waals surface area (Å²) in [7, 11) is 0. The van der Waals surface area contributed by atoms with E-state index >= 15 is 0 Å². The van der Waals surface area contributed by atoms with Crippen LogP contribution in [0, 0.1) is 0 Å². The van der Waals surface area contributed by atoms with E-state index in [-0.39, 0.29) is 13.2 Å². The molecule has 1 unspecified atom stereocenters. The molecule has 0 heterocycles. The second kappa shape index (κ2) is 6.30. The SMILES string of the molecule is CC(=O)OCC(F)CNC(=O)OC(C)(C)C. The summed E-state index contributed by atoms with van der Waals surface area (Å²) >= 11 is 0. The van der Waals surface area contributed by atoms with Crippen LogP contribution in [0.1, 0.15) is 27.7 Å². The van der Waals surface area contributed by atoms with Crippen LogP contribution in [0.3, 0.4) is 0 Å². The first-order valence-electron chi connectivity index (χ1n) is 4.95. The molecule has 0 aliphatic heterocycles. The largest absolute Gasteiger partial charge is 0.463 e. The van der Waals surface area contributed by atoms with E-state index in [4.69, 9.17) is 4.74 Å². The fraction of sp³-hybridized carbons (Fsp3) is 0.800. The van der Waals surface area contributed by atoms with Gasteiger partial charge < -0.3 is 14.8 Å². The summed E-state index contributed by atoms with van der Waals surface area (Å²) < 4.78 is 22.3. The summed E-state index contributed by atoms with van der Waals surface area (Å²) in [5.41, 5.74) is -0.619. The van der Waals surface area contributed by atoms with Crippen LogP contribution in [0.2, 0.25) is 0 Å². The van der Waals surface area contributed by atoms with Crippen molar-refractivity contribution >= 4 is 12.1 Å². The van der Waals surface area contributed by atoms with E-state index in [0.29, 0.717) is 0 Å². The van der Waals surface area contributed by atoms with Gasteiger partial charge in [0.15, 0.2) is 6.17 Å². The molecule has 0 aromatic heterocycles. The predicted molar refractivity (Wildman–Crippen MR) is 55.8 cm³/mol. The van der Waals surface area contributed by atoms with Crippen LogP contribution in [-0.2, 0) is 14.3 Å². The van der Waals surface area contributed by atoms with Gasteiger partial charge in [-0.3, -0.25) is 4.79 Å². The fourth-order valence-corrected chi connectivity index (χ4v) is 0.775. The highest BCUT2D eigenvalue weighted by Gasteiger charge is 2.17. The van der Waals surface area contributed by atoms with Crippen LogP contribution >= 0.6 is 0 Å². The Bertz CT molecular complexity index is 250. The standard InChI is InChI=1S/C10H18FNO4/c1-7(13)15-6-8(11)5-12-9(14)16-10(2,3)4/h8H,5-6H2,1-4H3,(H,12,14).